The summed E-state index contributed by atoms with van der Waals surface area (Å²) in [4.78, 5) is 16.6. The number of hydrogen-bond donors (Lipinski definition) is 2. The maximum Gasteiger partial charge on any atom is 0.345 e. The van der Waals surface area contributed by atoms with Crippen molar-refractivity contribution >= 4 is 5.96 Å². The Kier molecular flexibility index (Phi) is 9.01. The lowest BCUT2D eigenvalue weighted by Gasteiger charge is -2.21. The molecule has 2 aliphatic rings. The van der Waals surface area contributed by atoms with Gasteiger partial charge in [-0.05, 0) is 44.4 Å². The highest BCUT2D eigenvalue weighted by Gasteiger charge is 2.16. The van der Waals surface area contributed by atoms with E-state index in [1.165, 1.54) is 0 Å². The minimum atomic E-state index is 0.0305. The Morgan fingerprint density at radius 1 is 1.24 bits per heavy atom. The van der Waals surface area contributed by atoms with Crippen molar-refractivity contribution in [3.63, 3.8) is 0 Å². The van der Waals surface area contributed by atoms with Crippen LogP contribution >= 0.6 is 0 Å². The van der Waals surface area contributed by atoms with Gasteiger partial charge >= 0.3 is 5.69 Å². The normalized spacial score (nSPS) is 17.9. The molecule has 0 bridgehead atoms. The van der Waals surface area contributed by atoms with Gasteiger partial charge in [-0.2, -0.15) is 5.10 Å². The molecule has 9 nitrogen and oxygen atoms in total. The van der Waals surface area contributed by atoms with E-state index in [0.29, 0.717) is 12.5 Å². The number of nitrogens with one attached hydrogen (secondary N) is 2. The van der Waals surface area contributed by atoms with Crippen LogP contribution in [-0.2, 0) is 29.0 Å². The Morgan fingerprint density at radius 3 is 2.79 bits per heavy atom. The Bertz CT molecular complexity index is 693. The van der Waals surface area contributed by atoms with Gasteiger partial charge in [0.05, 0.1) is 0 Å². The second kappa shape index (κ2) is 12.0. The molecular weight excluding hydrogens is 372 g/mol. The third-order valence-electron chi connectivity index (χ3n) is 5.55. The van der Waals surface area contributed by atoms with Gasteiger partial charge < -0.3 is 20.1 Å². The first kappa shape index (κ1) is 21.8. The molecule has 1 fully saturated rings. The monoisotopic (exact) mass is 408 g/mol. The summed E-state index contributed by atoms with van der Waals surface area (Å²) in [5.74, 6) is 2.37. The van der Waals surface area contributed by atoms with E-state index in [2.05, 4.69) is 20.7 Å². The Balaban J connectivity index is 1.24. The van der Waals surface area contributed by atoms with E-state index in [4.69, 9.17) is 9.47 Å². The van der Waals surface area contributed by atoms with Crippen LogP contribution < -0.4 is 16.3 Å². The molecule has 0 spiro atoms. The summed E-state index contributed by atoms with van der Waals surface area (Å²) in [6.07, 6.45) is 7.11. The van der Waals surface area contributed by atoms with E-state index in [9.17, 15) is 4.79 Å². The fourth-order valence-electron chi connectivity index (χ4n) is 3.79. The predicted molar refractivity (Wildman–Crippen MR) is 112 cm³/mol. The van der Waals surface area contributed by atoms with Crippen LogP contribution in [-0.4, -0.2) is 66.9 Å². The van der Waals surface area contributed by atoms with Gasteiger partial charge in [0.25, 0.3) is 0 Å². The minimum Gasteiger partial charge on any atom is -0.381 e. The number of aliphatic imine (C=N–C) groups is 1. The molecule has 0 saturated carbocycles. The third kappa shape index (κ3) is 6.85. The molecule has 0 unspecified atom stereocenters. The molecule has 29 heavy (non-hydrogen) atoms. The summed E-state index contributed by atoms with van der Waals surface area (Å²) in [5, 5.41) is 11.1. The van der Waals surface area contributed by atoms with Crippen molar-refractivity contribution in [2.45, 2.75) is 58.0 Å². The van der Waals surface area contributed by atoms with E-state index < -0.39 is 0 Å². The molecule has 1 aromatic rings. The number of fused-ring (bicyclic) bond motifs is 1. The van der Waals surface area contributed by atoms with Gasteiger partial charge in [-0.3, -0.25) is 9.56 Å². The lowest BCUT2D eigenvalue weighted by Crippen LogP contribution is -2.39. The van der Waals surface area contributed by atoms with Crippen molar-refractivity contribution in [1.82, 2.24) is 25.0 Å². The second-order valence-electron chi connectivity index (χ2n) is 7.79. The zero-order valence-electron chi connectivity index (χ0n) is 17.7. The molecule has 0 aliphatic carbocycles. The molecule has 0 atom stereocenters. The van der Waals surface area contributed by atoms with E-state index in [1.807, 2.05) is 4.57 Å². The molecule has 2 N–H and O–H groups in total. The molecule has 0 radical (unpaired) electrons. The summed E-state index contributed by atoms with van der Waals surface area (Å²) in [7, 11) is 1.77. The highest BCUT2D eigenvalue weighted by molar-refractivity contribution is 5.79. The Labute approximate surface area is 172 Å². The first-order valence-electron chi connectivity index (χ1n) is 11.0. The highest BCUT2D eigenvalue weighted by atomic mass is 16.5. The second-order valence-corrected chi connectivity index (χ2v) is 7.79. The topological polar surface area (TPSA) is 94.7 Å². The molecular formula is C20H36N6O3. The Morgan fingerprint density at radius 2 is 2.03 bits per heavy atom. The standard InChI is InChI=1S/C20H36N6O3/c1-21-19(23-10-5-13-29-16-17-7-14-28-15-8-17)22-9-4-12-26-20(27)25-11-3-2-6-18(25)24-26/h17H,2-16H2,1H3,(H2,21,22,23). The van der Waals surface area contributed by atoms with Crippen LogP contribution in [0.25, 0.3) is 0 Å². The maximum atomic E-state index is 12.3. The molecule has 0 aromatic carbocycles. The van der Waals surface area contributed by atoms with Crippen LogP contribution in [0.15, 0.2) is 9.79 Å². The van der Waals surface area contributed by atoms with Crippen LogP contribution in [0.2, 0.25) is 0 Å². The van der Waals surface area contributed by atoms with Crippen molar-refractivity contribution in [3.05, 3.63) is 16.3 Å². The van der Waals surface area contributed by atoms with E-state index >= 15 is 0 Å². The van der Waals surface area contributed by atoms with Crippen molar-refractivity contribution < 1.29 is 9.47 Å². The molecule has 0 amide bonds. The van der Waals surface area contributed by atoms with Gasteiger partial charge in [0, 0.05) is 66.1 Å². The molecule has 3 heterocycles. The summed E-state index contributed by atoms with van der Waals surface area (Å²) >= 11 is 0. The number of nitrogens with zero attached hydrogens (tertiary/aromatic N) is 4. The SMILES string of the molecule is CN=C(NCCCOCC1CCOCC1)NCCCn1nc2n(c1=O)CCCC2. The first-order valence-corrected chi connectivity index (χ1v) is 11.0. The minimum absolute atomic E-state index is 0.0305. The van der Waals surface area contributed by atoms with Crippen molar-refractivity contribution in [1.29, 1.82) is 0 Å². The number of guanidine groups is 1. The average Bonchev–Trinajstić information content (AvgIpc) is 3.08. The lowest BCUT2D eigenvalue weighted by atomic mass is 10.0. The third-order valence-corrected chi connectivity index (χ3v) is 5.55. The van der Waals surface area contributed by atoms with E-state index in [0.717, 1.165) is 103 Å². The first-order chi connectivity index (χ1) is 14.3. The zero-order valence-corrected chi connectivity index (χ0v) is 17.7. The quantitative estimate of drug-likeness (QED) is 0.337. The van der Waals surface area contributed by atoms with Crippen molar-refractivity contribution in [3.8, 4) is 0 Å². The Hall–Kier alpha value is -1.87. The van der Waals surface area contributed by atoms with Crippen LogP contribution in [0.3, 0.4) is 0 Å². The number of aryl methyl sites for hydroxylation is 2. The fraction of sp³-hybridized carbons (Fsp3) is 0.850. The van der Waals surface area contributed by atoms with Gasteiger partial charge in [0.15, 0.2) is 5.96 Å². The lowest BCUT2D eigenvalue weighted by molar-refractivity contribution is 0.0203. The van der Waals surface area contributed by atoms with Gasteiger partial charge in [-0.25, -0.2) is 9.48 Å². The predicted octanol–water partition coefficient (Wildman–Crippen LogP) is 0.770. The van der Waals surface area contributed by atoms with E-state index in [1.54, 1.807) is 11.7 Å². The van der Waals surface area contributed by atoms with Crippen LogP contribution in [0, 0.1) is 5.92 Å². The van der Waals surface area contributed by atoms with Gasteiger partial charge in [0.1, 0.15) is 5.82 Å². The van der Waals surface area contributed by atoms with Gasteiger partial charge in [-0.15, -0.1) is 0 Å². The zero-order chi connectivity index (χ0) is 20.3. The highest BCUT2D eigenvalue weighted by Crippen LogP contribution is 2.14. The largest absolute Gasteiger partial charge is 0.381 e. The molecule has 3 rings (SSSR count). The van der Waals surface area contributed by atoms with Crippen LogP contribution in [0.1, 0.15) is 44.3 Å². The van der Waals surface area contributed by atoms with Crippen LogP contribution in [0.5, 0.6) is 0 Å². The summed E-state index contributed by atoms with van der Waals surface area (Å²) in [6, 6.07) is 0. The van der Waals surface area contributed by atoms with Crippen molar-refractivity contribution in [2.24, 2.45) is 10.9 Å². The fourth-order valence-corrected chi connectivity index (χ4v) is 3.79. The molecule has 2 aliphatic heterocycles. The molecule has 164 valence electrons. The molecule has 1 aromatic heterocycles. The smallest absolute Gasteiger partial charge is 0.345 e. The summed E-state index contributed by atoms with van der Waals surface area (Å²) < 4.78 is 14.6. The van der Waals surface area contributed by atoms with E-state index in [-0.39, 0.29) is 5.69 Å². The van der Waals surface area contributed by atoms with Gasteiger partial charge in [-0.1, -0.05) is 0 Å². The molecule has 1 saturated heterocycles. The van der Waals surface area contributed by atoms with Gasteiger partial charge in [0.2, 0.25) is 0 Å². The average molecular weight is 409 g/mol. The summed E-state index contributed by atoms with van der Waals surface area (Å²) in [6.45, 7) is 6.34. The number of rotatable bonds is 10. The number of hydrogen-bond acceptors (Lipinski definition) is 5. The number of ether oxygens (including phenoxy) is 2. The van der Waals surface area contributed by atoms with Crippen LogP contribution in [0.4, 0.5) is 0 Å². The maximum absolute atomic E-state index is 12.3. The summed E-state index contributed by atoms with van der Waals surface area (Å²) in [5.41, 5.74) is 0.0305. The molecule has 9 heteroatoms. The van der Waals surface area contributed by atoms with Crippen molar-refractivity contribution in [2.75, 3.05) is 46.6 Å². The number of aromatic nitrogens is 3.